The second-order valence-corrected chi connectivity index (χ2v) is 3.32. The average Bonchev–Trinajstić information content (AvgIpc) is 2.26. The number of amides is 3. The Labute approximate surface area is 102 Å². The Hall–Kier alpha value is -1.88. The molecule has 0 rings (SSSR count). The molecule has 0 saturated carbocycles. The van der Waals surface area contributed by atoms with Gasteiger partial charge in [0.15, 0.2) is 0 Å². The van der Waals surface area contributed by atoms with Crippen molar-refractivity contribution in [2.45, 2.75) is 0 Å². The first-order valence-electron chi connectivity index (χ1n) is 5.26. The van der Waals surface area contributed by atoms with E-state index in [1.807, 2.05) is 0 Å². The summed E-state index contributed by atoms with van der Waals surface area (Å²) in [6.45, 7) is 12.2. The van der Waals surface area contributed by atoms with Crippen molar-refractivity contribution in [3.05, 3.63) is 38.0 Å². The highest BCUT2D eigenvalue weighted by Gasteiger charge is 2.10. The standard InChI is InChI=1S/C12H19N3O2/c1-4-7-13-12(17)14-11(16)10-15(8-5-2)9-6-3/h4-6H,1-3,7-10H2,(H2,13,14,16,17). The van der Waals surface area contributed by atoms with E-state index >= 15 is 0 Å². The summed E-state index contributed by atoms with van der Waals surface area (Å²) in [5.41, 5.74) is 0. The van der Waals surface area contributed by atoms with Gasteiger partial charge in [-0.05, 0) is 0 Å². The van der Waals surface area contributed by atoms with E-state index in [0.717, 1.165) is 0 Å². The van der Waals surface area contributed by atoms with Crippen LogP contribution in [-0.2, 0) is 4.79 Å². The number of hydrogen-bond donors (Lipinski definition) is 2. The highest BCUT2D eigenvalue weighted by atomic mass is 16.2. The van der Waals surface area contributed by atoms with Gasteiger partial charge in [0, 0.05) is 19.6 Å². The molecule has 0 radical (unpaired) electrons. The van der Waals surface area contributed by atoms with Crippen LogP contribution >= 0.6 is 0 Å². The molecule has 0 unspecified atom stereocenters. The molecule has 2 N–H and O–H groups in total. The van der Waals surface area contributed by atoms with Crippen molar-refractivity contribution >= 4 is 11.9 Å². The molecule has 0 spiro atoms. The van der Waals surface area contributed by atoms with Crippen LogP contribution in [0.1, 0.15) is 0 Å². The van der Waals surface area contributed by atoms with Gasteiger partial charge in [-0.25, -0.2) is 4.79 Å². The summed E-state index contributed by atoms with van der Waals surface area (Å²) < 4.78 is 0. The zero-order valence-electron chi connectivity index (χ0n) is 9.95. The van der Waals surface area contributed by atoms with Gasteiger partial charge in [-0.1, -0.05) is 18.2 Å². The summed E-state index contributed by atoms with van der Waals surface area (Å²) in [6.07, 6.45) is 4.91. The van der Waals surface area contributed by atoms with Gasteiger partial charge in [-0.2, -0.15) is 0 Å². The fraction of sp³-hybridized carbons (Fsp3) is 0.333. The number of imide groups is 1. The summed E-state index contributed by atoms with van der Waals surface area (Å²) in [5.74, 6) is -0.365. The minimum Gasteiger partial charge on any atom is -0.334 e. The van der Waals surface area contributed by atoms with Gasteiger partial charge in [-0.3, -0.25) is 15.0 Å². The molecule has 0 aromatic carbocycles. The zero-order valence-corrected chi connectivity index (χ0v) is 9.95. The van der Waals surface area contributed by atoms with Crippen LogP contribution in [0.5, 0.6) is 0 Å². The molecule has 3 amide bonds. The summed E-state index contributed by atoms with van der Waals surface area (Å²) >= 11 is 0. The number of carbonyl (C=O) groups is 2. The quantitative estimate of drug-likeness (QED) is 0.610. The molecule has 17 heavy (non-hydrogen) atoms. The third-order valence-electron chi connectivity index (χ3n) is 1.80. The second kappa shape index (κ2) is 9.35. The second-order valence-electron chi connectivity index (χ2n) is 3.32. The summed E-state index contributed by atoms with van der Waals surface area (Å²) in [7, 11) is 0. The van der Waals surface area contributed by atoms with Crippen molar-refractivity contribution in [3.63, 3.8) is 0 Å². The molecule has 0 bridgehead atoms. The van der Waals surface area contributed by atoms with E-state index in [-0.39, 0.29) is 12.5 Å². The normalized spacial score (nSPS) is 9.47. The lowest BCUT2D eigenvalue weighted by Gasteiger charge is -2.17. The van der Waals surface area contributed by atoms with Crippen LogP contribution in [0, 0.1) is 0 Å². The third-order valence-corrected chi connectivity index (χ3v) is 1.80. The Balaban J connectivity index is 4.03. The Morgan fingerprint density at radius 2 is 1.65 bits per heavy atom. The SMILES string of the molecule is C=CCNC(=O)NC(=O)CN(CC=C)CC=C. The third kappa shape index (κ3) is 7.98. The van der Waals surface area contributed by atoms with Crippen molar-refractivity contribution in [2.24, 2.45) is 0 Å². The van der Waals surface area contributed by atoms with Crippen LogP contribution in [0.25, 0.3) is 0 Å². The van der Waals surface area contributed by atoms with Crippen LogP contribution < -0.4 is 10.6 Å². The fourth-order valence-electron chi connectivity index (χ4n) is 1.15. The fourth-order valence-corrected chi connectivity index (χ4v) is 1.15. The van der Waals surface area contributed by atoms with Crippen LogP contribution in [0.15, 0.2) is 38.0 Å². The van der Waals surface area contributed by atoms with Crippen LogP contribution in [0.4, 0.5) is 4.79 Å². The maximum atomic E-state index is 11.5. The number of hydrogen-bond acceptors (Lipinski definition) is 3. The van der Waals surface area contributed by atoms with Crippen LogP contribution in [-0.4, -0.2) is 43.0 Å². The van der Waals surface area contributed by atoms with E-state index < -0.39 is 6.03 Å². The molecule has 0 aliphatic carbocycles. The van der Waals surface area contributed by atoms with Crippen LogP contribution in [0.2, 0.25) is 0 Å². The van der Waals surface area contributed by atoms with Gasteiger partial charge in [0.2, 0.25) is 5.91 Å². The number of rotatable bonds is 8. The maximum absolute atomic E-state index is 11.5. The molecule has 0 aromatic rings. The van der Waals surface area contributed by atoms with Gasteiger partial charge >= 0.3 is 6.03 Å². The van der Waals surface area contributed by atoms with Crippen molar-refractivity contribution < 1.29 is 9.59 Å². The highest BCUT2D eigenvalue weighted by Crippen LogP contribution is 1.88. The molecule has 0 fully saturated rings. The summed E-state index contributed by atoms with van der Waals surface area (Å²) in [4.78, 5) is 24.4. The van der Waals surface area contributed by atoms with E-state index in [2.05, 4.69) is 30.4 Å². The van der Waals surface area contributed by atoms with Gasteiger partial charge < -0.3 is 5.32 Å². The lowest BCUT2D eigenvalue weighted by molar-refractivity contribution is -0.120. The maximum Gasteiger partial charge on any atom is 0.321 e. The number of nitrogens with zero attached hydrogens (tertiary/aromatic N) is 1. The highest BCUT2D eigenvalue weighted by molar-refractivity contribution is 5.95. The minimum atomic E-state index is -0.521. The average molecular weight is 237 g/mol. The first kappa shape index (κ1) is 15.1. The molecular formula is C12H19N3O2. The van der Waals surface area contributed by atoms with Crippen molar-refractivity contribution in [1.82, 2.24) is 15.5 Å². The van der Waals surface area contributed by atoms with Gasteiger partial charge in [0.1, 0.15) is 0 Å². The van der Waals surface area contributed by atoms with Gasteiger partial charge in [0.05, 0.1) is 6.54 Å². The van der Waals surface area contributed by atoms with Crippen LogP contribution in [0.3, 0.4) is 0 Å². The topological polar surface area (TPSA) is 61.4 Å². The predicted molar refractivity (Wildman–Crippen MR) is 68.6 cm³/mol. The van der Waals surface area contributed by atoms with E-state index in [4.69, 9.17) is 0 Å². The summed E-state index contributed by atoms with van der Waals surface area (Å²) in [5, 5.41) is 4.67. The first-order valence-corrected chi connectivity index (χ1v) is 5.26. The molecular weight excluding hydrogens is 218 g/mol. The lowest BCUT2D eigenvalue weighted by atomic mass is 10.4. The molecule has 0 heterocycles. The lowest BCUT2D eigenvalue weighted by Crippen LogP contribution is -2.44. The number of nitrogens with one attached hydrogen (secondary N) is 2. The minimum absolute atomic E-state index is 0.125. The molecule has 0 atom stereocenters. The Bertz CT molecular complexity index is 290. The zero-order chi connectivity index (χ0) is 13.1. The summed E-state index contributed by atoms with van der Waals surface area (Å²) in [6, 6.07) is -0.521. The van der Waals surface area contributed by atoms with E-state index in [1.165, 1.54) is 6.08 Å². The number of urea groups is 1. The Morgan fingerprint density at radius 3 is 2.12 bits per heavy atom. The molecule has 94 valence electrons. The first-order chi connectivity index (χ1) is 8.13. The van der Waals surface area contributed by atoms with Crippen molar-refractivity contribution in [1.29, 1.82) is 0 Å². The van der Waals surface area contributed by atoms with Crippen molar-refractivity contribution in [3.8, 4) is 0 Å². The van der Waals surface area contributed by atoms with E-state index in [0.29, 0.717) is 19.6 Å². The molecule has 5 heteroatoms. The van der Waals surface area contributed by atoms with E-state index in [1.54, 1.807) is 17.1 Å². The van der Waals surface area contributed by atoms with Gasteiger partial charge in [0.25, 0.3) is 0 Å². The largest absolute Gasteiger partial charge is 0.334 e. The Kier molecular flexibility index (Phi) is 8.32. The Morgan fingerprint density at radius 1 is 1.06 bits per heavy atom. The molecule has 0 aromatic heterocycles. The van der Waals surface area contributed by atoms with Gasteiger partial charge in [-0.15, -0.1) is 19.7 Å². The molecule has 0 aliphatic rings. The monoisotopic (exact) mass is 237 g/mol. The molecule has 5 nitrogen and oxygen atoms in total. The number of carbonyl (C=O) groups excluding carboxylic acids is 2. The molecule has 0 aliphatic heterocycles. The predicted octanol–water partition coefficient (Wildman–Crippen LogP) is 0.672. The van der Waals surface area contributed by atoms with E-state index in [9.17, 15) is 9.59 Å². The smallest absolute Gasteiger partial charge is 0.321 e. The molecule has 0 saturated heterocycles. The van der Waals surface area contributed by atoms with Crippen molar-refractivity contribution in [2.75, 3.05) is 26.2 Å².